The molecule has 0 fully saturated rings. The zero-order valence-corrected chi connectivity index (χ0v) is 12.5. The van der Waals surface area contributed by atoms with Gasteiger partial charge in [0.2, 0.25) is 0 Å². The number of halogens is 2. The fraction of sp³-hybridized carbons (Fsp3) is 0.133. The number of anilines is 1. The lowest BCUT2D eigenvalue weighted by atomic mass is 10.1. The zero-order chi connectivity index (χ0) is 14.3. The lowest BCUT2D eigenvalue weighted by molar-refractivity contribution is 0.628. The standard InChI is InChI=1S/C15H13BrFN3/c1-2-20-13-8-9(17)6-7-12(13)19-15(20)10-4-3-5-11(16)14(10)18/h3-8H,2,18H2,1H3. The molecule has 0 atom stereocenters. The normalized spacial score (nSPS) is 11.2. The van der Waals surface area contributed by atoms with Crippen LogP contribution in [0.15, 0.2) is 40.9 Å². The van der Waals surface area contributed by atoms with Gasteiger partial charge in [0.25, 0.3) is 0 Å². The topological polar surface area (TPSA) is 43.8 Å². The van der Waals surface area contributed by atoms with E-state index in [1.54, 1.807) is 6.07 Å². The Morgan fingerprint density at radius 1 is 1.30 bits per heavy atom. The summed E-state index contributed by atoms with van der Waals surface area (Å²) >= 11 is 3.42. The van der Waals surface area contributed by atoms with Gasteiger partial charge < -0.3 is 10.3 Å². The number of nitrogens with zero attached hydrogens (tertiary/aromatic N) is 2. The first kappa shape index (κ1) is 13.1. The van der Waals surface area contributed by atoms with E-state index in [4.69, 9.17) is 5.73 Å². The number of hydrogen-bond acceptors (Lipinski definition) is 2. The summed E-state index contributed by atoms with van der Waals surface area (Å²) in [7, 11) is 0. The first-order valence-electron chi connectivity index (χ1n) is 6.32. The number of aryl methyl sites for hydroxylation is 1. The summed E-state index contributed by atoms with van der Waals surface area (Å²) in [5.41, 5.74) is 9.14. The maximum absolute atomic E-state index is 13.4. The second-order valence-electron chi connectivity index (χ2n) is 4.51. The molecule has 0 spiro atoms. The number of nitrogens with two attached hydrogens (primary N) is 1. The van der Waals surface area contributed by atoms with Crippen LogP contribution >= 0.6 is 15.9 Å². The highest BCUT2D eigenvalue weighted by molar-refractivity contribution is 9.10. The first-order chi connectivity index (χ1) is 9.61. The van der Waals surface area contributed by atoms with E-state index in [-0.39, 0.29) is 5.82 Å². The maximum atomic E-state index is 13.4. The number of benzene rings is 2. The van der Waals surface area contributed by atoms with E-state index < -0.39 is 0 Å². The molecule has 2 aromatic carbocycles. The van der Waals surface area contributed by atoms with Gasteiger partial charge >= 0.3 is 0 Å². The van der Waals surface area contributed by atoms with Gasteiger partial charge in [0.1, 0.15) is 11.6 Å². The maximum Gasteiger partial charge on any atom is 0.143 e. The molecule has 3 aromatic rings. The Bertz CT molecular complexity index is 795. The van der Waals surface area contributed by atoms with Crippen LogP contribution in [0.5, 0.6) is 0 Å². The quantitative estimate of drug-likeness (QED) is 0.714. The predicted octanol–water partition coefficient (Wildman–Crippen LogP) is 4.21. The van der Waals surface area contributed by atoms with Crippen molar-refractivity contribution in [3.63, 3.8) is 0 Å². The van der Waals surface area contributed by atoms with Crippen molar-refractivity contribution in [3.05, 3.63) is 46.7 Å². The minimum Gasteiger partial charge on any atom is -0.397 e. The third-order valence-electron chi connectivity index (χ3n) is 3.32. The second-order valence-corrected chi connectivity index (χ2v) is 5.37. The van der Waals surface area contributed by atoms with Crippen LogP contribution in [0, 0.1) is 5.82 Å². The van der Waals surface area contributed by atoms with E-state index in [0.717, 1.165) is 26.9 Å². The Kier molecular flexibility index (Phi) is 3.22. The smallest absolute Gasteiger partial charge is 0.143 e. The molecule has 1 aromatic heterocycles. The summed E-state index contributed by atoms with van der Waals surface area (Å²) in [6, 6.07) is 10.3. The lowest BCUT2D eigenvalue weighted by Gasteiger charge is -2.09. The van der Waals surface area contributed by atoms with Crippen LogP contribution in [0.1, 0.15) is 6.92 Å². The summed E-state index contributed by atoms with van der Waals surface area (Å²) in [6.45, 7) is 2.70. The Hall–Kier alpha value is -1.88. The minimum atomic E-state index is -0.263. The van der Waals surface area contributed by atoms with Crippen molar-refractivity contribution in [2.75, 3.05) is 5.73 Å². The largest absolute Gasteiger partial charge is 0.397 e. The van der Waals surface area contributed by atoms with Gasteiger partial charge in [0.05, 0.1) is 16.7 Å². The molecular weight excluding hydrogens is 321 g/mol. The molecule has 5 heteroatoms. The highest BCUT2D eigenvalue weighted by atomic mass is 79.9. The highest BCUT2D eigenvalue weighted by Crippen LogP contribution is 2.33. The second kappa shape index (κ2) is 4.90. The molecule has 3 nitrogen and oxygen atoms in total. The van der Waals surface area contributed by atoms with E-state index in [0.29, 0.717) is 12.2 Å². The lowest BCUT2D eigenvalue weighted by Crippen LogP contribution is -2.00. The van der Waals surface area contributed by atoms with Crippen LogP contribution < -0.4 is 5.73 Å². The molecule has 0 aliphatic heterocycles. The molecule has 1 heterocycles. The Morgan fingerprint density at radius 3 is 2.85 bits per heavy atom. The van der Waals surface area contributed by atoms with Crippen molar-refractivity contribution in [2.24, 2.45) is 0 Å². The number of imidazole rings is 1. The highest BCUT2D eigenvalue weighted by Gasteiger charge is 2.15. The number of nitrogen functional groups attached to an aromatic ring is 1. The van der Waals surface area contributed by atoms with Gasteiger partial charge in [-0.15, -0.1) is 0 Å². The monoisotopic (exact) mass is 333 g/mol. The molecule has 2 N–H and O–H groups in total. The van der Waals surface area contributed by atoms with Crippen LogP contribution in [-0.4, -0.2) is 9.55 Å². The predicted molar refractivity (Wildman–Crippen MR) is 82.9 cm³/mol. The third kappa shape index (κ3) is 1.98. The fourth-order valence-electron chi connectivity index (χ4n) is 2.35. The van der Waals surface area contributed by atoms with Crippen molar-refractivity contribution in [1.82, 2.24) is 9.55 Å². The molecule has 20 heavy (non-hydrogen) atoms. The van der Waals surface area contributed by atoms with Gasteiger partial charge in [-0.2, -0.15) is 0 Å². The van der Waals surface area contributed by atoms with E-state index >= 15 is 0 Å². The number of rotatable bonds is 2. The average molecular weight is 334 g/mol. The molecule has 0 bridgehead atoms. The summed E-state index contributed by atoms with van der Waals surface area (Å²) in [5.74, 6) is 0.493. The van der Waals surface area contributed by atoms with E-state index in [2.05, 4.69) is 20.9 Å². The van der Waals surface area contributed by atoms with Gasteiger partial charge in [-0.25, -0.2) is 9.37 Å². The molecule has 102 valence electrons. The van der Waals surface area contributed by atoms with Crippen molar-refractivity contribution >= 4 is 32.7 Å². The van der Waals surface area contributed by atoms with Gasteiger partial charge in [-0.1, -0.05) is 6.07 Å². The third-order valence-corrected chi connectivity index (χ3v) is 4.01. The zero-order valence-electron chi connectivity index (χ0n) is 10.9. The summed E-state index contributed by atoms with van der Waals surface area (Å²) < 4.78 is 16.2. The van der Waals surface area contributed by atoms with Crippen molar-refractivity contribution < 1.29 is 4.39 Å². The Morgan fingerprint density at radius 2 is 2.10 bits per heavy atom. The molecule has 3 rings (SSSR count). The van der Waals surface area contributed by atoms with Crippen molar-refractivity contribution in [3.8, 4) is 11.4 Å². The van der Waals surface area contributed by atoms with E-state index in [9.17, 15) is 4.39 Å². The molecule has 0 saturated heterocycles. The first-order valence-corrected chi connectivity index (χ1v) is 7.11. The van der Waals surface area contributed by atoms with Gasteiger partial charge in [0.15, 0.2) is 0 Å². The molecule has 0 aliphatic rings. The van der Waals surface area contributed by atoms with Crippen LogP contribution in [-0.2, 0) is 6.54 Å². The molecule has 0 radical (unpaired) electrons. The van der Waals surface area contributed by atoms with E-state index in [1.165, 1.54) is 12.1 Å². The molecular formula is C15H13BrFN3. The minimum absolute atomic E-state index is 0.263. The van der Waals surface area contributed by atoms with Crippen molar-refractivity contribution in [2.45, 2.75) is 13.5 Å². The van der Waals surface area contributed by atoms with Crippen LogP contribution in [0.25, 0.3) is 22.4 Å². The molecule has 0 amide bonds. The Labute approximate surface area is 124 Å². The fourth-order valence-corrected chi connectivity index (χ4v) is 2.72. The van der Waals surface area contributed by atoms with Gasteiger partial charge in [-0.05, 0) is 53.2 Å². The van der Waals surface area contributed by atoms with Crippen LogP contribution in [0.3, 0.4) is 0 Å². The Balaban J connectivity index is 2.33. The van der Waals surface area contributed by atoms with Gasteiger partial charge in [0, 0.05) is 16.6 Å². The number of para-hydroxylation sites is 1. The molecule has 0 saturated carbocycles. The number of aromatic nitrogens is 2. The van der Waals surface area contributed by atoms with Gasteiger partial charge in [-0.3, -0.25) is 0 Å². The average Bonchev–Trinajstić information content (AvgIpc) is 2.79. The summed E-state index contributed by atoms with van der Waals surface area (Å²) in [4.78, 5) is 4.59. The van der Waals surface area contributed by atoms with Crippen molar-refractivity contribution in [1.29, 1.82) is 0 Å². The summed E-state index contributed by atoms with van der Waals surface area (Å²) in [5, 5.41) is 0. The summed E-state index contributed by atoms with van der Waals surface area (Å²) in [6.07, 6.45) is 0. The van der Waals surface area contributed by atoms with Crippen LogP contribution in [0.4, 0.5) is 10.1 Å². The van der Waals surface area contributed by atoms with Crippen LogP contribution in [0.2, 0.25) is 0 Å². The SMILES string of the molecule is CCn1c(-c2cccc(Br)c2N)nc2ccc(F)cc21. The van der Waals surface area contributed by atoms with E-state index in [1.807, 2.05) is 29.7 Å². The molecule has 0 unspecified atom stereocenters. The number of hydrogen-bond donors (Lipinski definition) is 1. The number of fused-ring (bicyclic) bond motifs is 1. The molecule has 0 aliphatic carbocycles.